The van der Waals surface area contributed by atoms with Crippen LogP contribution in [-0.4, -0.2) is 54.2 Å². The van der Waals surface area contributed by atoms with Gasteiger partial charge in [-0.15, -0.1) is 0 Å². The number of carbonyl (C=O) groups is 3. The Bertz CT molecular complexity index is 1570. The van der Waals surface area contributed by atoms with Gasteiger partial charge in [0.1, 0.15) is 17.5 Å². The molecule has 1 aliphatic rings. The highest BCUT2D eigenvalue weighted by Crippen LogP contribution is 2.28. The fraction of sp³-hybridized carbons (Fsp3) is 0.314. The standard InChI is InChI=1S/C35H37N3O7/c1-43-22-29-32(24-14-6-3-7-15-24)45-35(42)25(20-31-36-27-18-10-11-19-30(27)44-31)16-8-9-17-26(34(41)38-29)33(40)37-28(21-39)23-12-4-2-5-13-23/h2-15,18-19,25-26,28-29,32,39H,16-17,20-22H2,1H3,(H,37,40)(H,38,41)/t25?,26?,28-,29?,32?/m0/s1. The lowest BCUT2D eigenvalue weighted by Gasteiger charge is -2.31. The van der Waals surface area contributed by atoms with Gasteiger partial charge in [0.2, 0.25) is 11.8 Å². The zero-order chi connectivity index (χ0) is 31.6. The molecule has 0 spiro atoms. The minimum atomic E-state index is -1.12. The molecule has 0 saturated carbocycles. The van der Waals surface area contributed by atoms with Crippen LogP contribution in [0, 0.1) is 11.8 Å². The summed E-state index contributed by atoms with van der Waals surface area (Å²) in [5.41, 5.74) is 2.69. The summed E-state index contributed by atoms with van der Waals surface area (Å²) in [5, 5.41) is 15.8. The fourth-order valence-electron chi connectivity index (χ4n) is 5.41. The van der Waals surface area contributed by atoms with Gasteiger partial charge >= 0.3 is 5.97 Å². The Morgan fingerprint density at radius 1 is 1.00 bits per heavy atom. The summed E-state index contributed by atoms with van der Waals surface area (Å²) in [5.74, 6) is -2.93. The van der Waals surface area contributed by atoms with E-state index in [1.807, 2.05) is 72.8 Å². The van der Waals surface area contributed by atoms with Crippen LogP contribution in [0.15, 0.2) is 101 Å². The number of fused-ring (bicyclic) bond motifs is 1. The number of carbonyl (C=O) groups excluding carboxylic acids is 3. The Kier molecular flexibility index (Phi) is 10.7. The number of rotatable bonds is 9. The van der Waals surface area contributed by atoms with Crippen LogP contribution in [0.1, 0.15) is 42.0 Å². The van der Waals surface area contributed by atoms with Crippen molar-refractivity contribution in [2.45, 2.75) is 37.5 Å². The SMILES string of the molecule is COCC1NC(=O)C(C(=O)N[C@@H](CO)c2ccccc2)CC=CCC(Cc2nc3ccccc3o2)C(=O)OC1c1ccccc1. The summed E-state index contributed by atoms with van der Waals surface area (Å²) in [7, 11) is 1.49. The van der Waals surface area contributed by atoms with Crippen LogP contribution in [0.4, 0.5) is 0 Å². The number of aliphatic hydroxyl groups excluding tert-OH is 1. The van der Waals surface area contributed by atoms with Gasteiger partial charge in [0.15, 0.2) is 11.5 Å². The summed E-state index contributed by atoms with van der Waals surface area (Å²) in [4.78, 5) is 45.6. The van der Waals surface area contributed by atoms with Crippen molar-refractivity contribution in [3.8, 4) is 0 Å². The third-order valence-corrected chi connectivity index (χ3v) is 7.80. The molecule has 5 atom stereocenters. The van der Waals surface area contributed by atoms with Crippen molar-refractivity contribution >= 4 is 28.9 Å². The Hall–Kier alpha value is -4.80. The number of nitrogens with one attached hydrogen (secondary N) is 2. The van der Waals surface area contributed by atoms with Gasteiger partial charge in [-0.05, 0) is 36.1 Å². The lowest BCUT2D eigenvalue weighted by molar-refractivity contribution is -0.158. The number of benzene rings is 3. The average molecular weight is 612 g/mol. The zero-order valence-corrected chi connectivity index (χ0v) is 25.0. The van der Waals surface area contributed by atoms with E-state index in [-0.39, 0.29) is 32.5 Å². The highest BCUT2D eigenvalue weighted by Gasteiger charge is 2.36. The molecule has 4 unspecified atom stereocenters. The molecule has 10 nitrogen and oxygen atoms in total. The highest BCUT2D eigenvalue weighted by molar-refractivity contribution is 6.00. The molecule has 0 radical (unpaired) electrons. The maximum absolute atomic E-state index is 13.8. The van der Waals surface area contributed by atoms with Crippen LogP contribution < -0.4 is 10.6 Å². The largest absolute Gasteiger partial charge is 0.455 e. The molecule has 3 N–H and O–H groups in total. The maximum Gasteiger partial charge on any atom is 0.310 e. The summed E-state index contributed by atoms with van der Waals surface area (Å²) in [6, 6.07) is 24.0. The van der Waals surface area contributed by atoms with Crippen molar-refractivity contribution in [3.63, 3.8) is 0 Å². The molecule has 0 fully saturated rings. The van der Waals surface area contributed by atoms with Crippen LogP contribution in [0.25, 0.3) is 11.1 Å². The highest BCUT2D eigenvalue weighted by atomic mass is 16.5. The molecule has 4 aromatic rings. The Balaban J connectivity index is 1.46. The lowest BCUT2D eigenvalue weighted by Crippen LogP contribution is -2.50. The molecule has 234 valence electrons. The van der Waals surface area contributed by atoms with E-state index >= 15 is 0 Å². The van der Waals surface area contributed by atoms with Crippen LogP contribution in [0.3, 0.4) is 0 Å². The second-order valence-electron chi connectivity index (χ2n) is 11.0. The molecule has 3 aromatic carbocycles. The van der Waals surface area contributed by atoms with Gasteiger partial charge < -0.3 is 29.6 Å². The van der Waals surface area contributed by atoms with E-state index in [2.05, 4.69) is 15.6 Å². The molecule has 0 saturated heterocycles. The van der Waals surface area contributed by atoms with Gasteiger partial charge in [0.05, 0.1) is 31.2 Å². The number of aromatic nitrogens is 1. The maximum atomic E-state index is 13.8. The predicted octanol–water partition coefficient (Wildman–Crippen LogP) is 4.22. The quantitative estimate of drug-likeness (QED) is 0.145. The lowest BCUT2D eigenvalue weighted by atomic mass is 9.95. The first-order valence-corrected chi connectivity index (χ1v) is 15.0. The van der Waals surface area contributed by atoms with E-state index in [0.717, 1.165) is 0 Å². The molecule has 5 rings (SSSR count). The number of aliphatic hydroxyl groups is 1. The molecule has 0 bridgehead atoms. The number of para-hydroxylation sites is 2. The van der Waals surface area contributed by atoms with E-state index in [0.29, 0.717) is 28.1 Å². The van der Waals surface area contributed by atoms with Crippen molar-refractivity contribution < 1.29 is 33.4 Å². The van der Waals surface area contributed by atoms with E-state index in [1.54, 1.807) is 24.3 Å². The second kappa shape index (κ2) is 15.3. The molecule has 1 aliphatic heterocycles. The molecule has 45 heavy (non-hydrogen) atoms. The smallest absolute Gasteiger partial charge is 0.310 e. The fourth-order valence-corrected chi connectivity index (χ4v) is 5.41. The monoisotopic (exact) mass is 611 g/mol. The van der Waals surface area contributed by atoms with Crippen LogP contribution >= 0.6 is 0 Å². The molecule has 2 amide bonds. The van der Waals surface area contributed by atoms with E-state index in [1.165, 1.54) is 7.11 Å². The number of esters is 1. The van der Waals surface area contributed by atoms with E-state index in [9.17, 15) is 19.5 Å². The molecular formula is C35H37N3O7. The van der Waals surface area contributed by atoms with Crippen molar-refractivity contribution in [2.75, 3.05) is 20.3 Å². The topological polar surface area (TPSA) is 140 Å². The first-order valence-electron chi connectivity index (χ1n) is 15.0. The average Bonchev–Trinajstić information content (AvgIpc) is 3.48. The van der Waals surface area contributed by atoms with Crippen LogP contribution in [-0.2, 0) is 30.3 Å². The number of hydrogen-bond donors (Lipinski definition) is 3. The summed E-state index contributed by atoms with van der Waals surface area (Å²) >= 11 is 0. The molecule has 0 aliphatic carbocycles. The minimum Gasteiger partial charge on any atom is -0.455 e. The number of methoxy groups -OCH3 is 1. The van der Waals surface area contributed by atoms with Gasteiger partial charge in [0.25, 0.3) is 0 Å². The van der Waals surface area contributed by atoms with Gasteiger partial charge in [-0.1, -0.05) is 84.9 Å². The van der Waals surface area contributed by atoms with Gasteiger partial charge in [-0.25, -0.2) is 4.98 Å². The van der Waals surface area contributed by atoms with Crippen molar-refractivity contribution in [1.82, 2.24) is 15.6 Å². The van der Waals surface area contributed by atoms with Gasteiger partial charge in [-0.3, -0.25) is 14.4 Å². The van der Waals surface area contributed by atoms with E-state index in [4.69, 9.17) is 13.9 Å². The van der Waals surface area contributed by atoms with Crippen molar-refractivity contribution in [3.05, 3.63) is 114 Å². The van der Waals surface area contributed by atoms with Crippen LogP contribution in [0.5, 0.6) is 0 Å². The predicted molar refractivity (Wildman–Crippen MR) is 167 cm³/mol. The minimum absolute atomic E-state index is 0.0157. The molecule has 1 aromatic heterocycles. The zero-order valence-electron chi connectivity index (χ0n) is 25.0. The summed E-state index contributed by atoms with van der Waals surface area (Å²) < 4.78 is 17.5. The first-order chi connectivity index (χ1) is 22.0. The number of cyclic esters (lactones) is 1. The Morgan fingerprint density at radius 3 is 2.40 bits per heavy atom. The number of nitrogens with zero attached hydrogens (tertiary/aromatic N) is 1. The second-order valence-corrected chi connectivity index (χ2v) is 11.0. The van der Waals surface area contributed by atoms with E-state index < -0.39 is 47.8 Å². The van der Waals surface area contributed by atoms with Crippen molar-refractivity contribution in [2.24, 2.45) is 11.8 Å². The van der Waals surface area contributed by atoms with Crippen LogP contribution in [0.2, 0.25) is 0 Å². The molecule has 10 heteroatoms. The van der Waals surface area contributed by atoms with Gasteiger partial charge in [0, 0.05) is 13.5 Å². The third-order valence-electron chi connectivity index (χ3n) is 7.80. The van der Waals surface area contributed by atoms with Crippen molar-refractivity contribution in [1.29, 1.82) is 0 Å². The molecule has 2 heterocycles. The summed E-state index contributed by atoms with van der Waals surface area (Å²) in [6.45, 7) is -0.322. The summed E-state index contributed by atoms with van der Waals surface area (Å²) in [6.07, 6.45) is 3.12. The normalized spacial score (nSPS) is 21.6. The first kappa shape index (κ1) is 31.6. The van der Waals surface area contributed by atoms with Gasteiger partial charge in [-0.2, -0.15) is 0 Å². The number of amides is 2. The third kappa shape index (κ3) is 8.03. The number of ether oxygens (including phenoxy) is 2. The molecular weight excluding hydrogens is 574 g/mol. The number of oxazole rings is 1. The number of hydrogen-bond acceptors (Lipinski definition) is 8. The number of allylic oxidation sites excluding steroid dienone is 2. The Labute approximate surface area is 261 Å². The Morgan fingerprint density at radius 2 is 1.69 bits per heavy atom.